The molecule has 0 saturated heterocycles. The van der Waals surface area contributed by atoms with E-state index < -0.39 is 0 Å². The van der Waals surface area contributed by atoms with Crippen LogP contribution in [0.25, 0.3) is 0 Å². The van der Waals surface area contributed by atoms with Gasteiger partial charge in [-0.05, 0) is 24.3 Å². The Morgan fingerprint density at radius 1 is 1.42 bits per heavy atom. The van der Waals surface area contributed by atoms with Gasteiger partial charge in [0.2, 0.25) is 5.91 Å². The van der Waals surface area contributed by atoms with Gasteiger partial charge < -0.3 is 10.1 Å². The van der Waals surface area contributed by atoms with Gasteiger partial charge in [-0.3, -0.25) is 4.79 Å². The monoisotopic (exact) mass is 164 g/mol. The smallest absolute Gasteiger partial charge is 0.224 e. The highest BCUT2D eigenvalue weighted by Crippen LogP contribution is 2.14. The van der Waals surface area contributed by atoms with Crippen LogP contribution in [0.5, 0.6) is 5.75 Å². The first-order valence-electron chi connectivity index (χ1n) is 3.49. The van der Waals surface area contributed by atoms with Crippen LogP contribution in [0, 0.1) is 6.92 Å². The molecule has 1 rings (SSSR count). The number of anilines is 1. The molecule has 0 aliphatic heterocycles. The Morgan fingerprint density at radius 2 is 2.00 bits per heavy atom. The van der Waals surface area contributed by atoms with Gasteiger partial charge in [0, 0.05) is 12.6 Å². The lowest BCUT2D eigenvalue weighted by molar-refractivity contribution is -0.112. The van der Waals surface area contributed by atoms with E-state index in [9.17, 15) is 4.79 Å². The molecular weight excluding hydrogens is 154 g/mol. The third-order valence-electron chi connectivity index (χ3n) is 1.37. The van der Waals surface area contributed by atoms with E-state index in [0.29, 0.717) is 0 Å². The summed E-state index contributed by atoms with van der Waals surface area (Å²) in [6.45, 7) is 3.20. The molecule has 1 aromatic carbocycles. The number of hydrogen-bond acceptors (Lipinski definition) is 2. The number of nitrogens with one attached hydrogen (secondary N) is 1. The number of benzene rings is 1. The van der Waals surface area contributed by atoms with Gasteiger partial charge in [0.05, 0.1) is 7.11 Å². The van der Waals surface area contributed by atoms with Gasteiger partial charge in [-0.25, -0.2) is 0 Å². The van der Waals surface area contributed by atoms with E-state index in [-0.39, 0.29) is 5.91 Å². The molecule has 63 valence electrons. The van der Waals surface area contributed by atoms with Crippen LogP contribution < -0.4 is 10.1 Å². The van der Waals surface area contributed by atoms with Crippen molar-refractivity contribution in [3.8, 4) is 5.75 Å². The first-order valence-corrected chi connectivity index (χ1v) is 3.49. The lowest BCUT2D eigenvalue weighted by Gasteiger charge is -2.02. The zero-order chi connectivity index (χ0) is 8.97. The molecule has 0 unspecified atom stereocenters. The summed E-state index contributed by atoms with van der Waals surface area (Å²) in [5, 5.41) is 2.55. The Morgan fingerprint density at radius 3 is 2.42 bits per heavy atom. The maximum absolute atomic E-state index is 10.5. The first kappa shape index (κ1) is 8.59. The topological polar surface area (TPSA) is 38.3 Å². The van der Waals surface area contributed by atoms with Crippen LogP contribution in [0.2, 0.25) is 0 Å². The standard InChI is InChI=1S/C9H10NO2/c1-7(11)10-8-3-5-9(12-2)6-4-8/h3-6H,1H2,2H3,(H,10,11). The summed E-state index contributed by atoms with van der Waals surface area (Å²) in [5.41, 5.74) is 0.718. The summed E-state index contributed by atoms with van der Waals surface area (Å²) in [5.74, 6) is 0.442. The average Bonchev–Trinajstić information content (AvgIpc) is 2.05. The van der Waals surface area contributed by atoms with Crippen LogP contribution in [0.4, 0.5) is 5.69 Å². The highest BCUT2D eigenvalue weighted by Gasteiger charge is 1.94. The van der Waals surface area contributed by atoms with E-state index in [1.807, 2.05) is 0 Å². The van der Waals surface area contributed by atoms with E-state index in [1.165, 1.54) is 0 Å². The molecule has 3 nitrogen and oxygen atoms in total. The third-order valence-corrected chi connectivity index (χ3v) is 1.37. The fraction of sp³-hybridized carbons (Fsp3) is 0.111. The Labute approximate surface area is 71.4 Å². The summed E-state index contributed by atoms with van der Waals surface area (Å²) in [6.07, 6.45) is 0. The van der Waals surface area contributed by atoms with Gasteiger partial charge in [0.25, 0.3) is 0 Å². The normalized spacial score (nSPS) is 9.17. The molecule has 0 fully saturated rings. The van der Waals surface area contributed by atoms with Gasteiger partial charge in [-0.1, -0.05) is 0 Å². The van der Waals surface area contributed by atoms with Crippen molar-refractivity contribution in [2.45, 2.75) is 0 Å². The van der Waals surface area contributed by atoms with E-state index in [4.69, 9.17) is 4.74 Å². The molecule has 0 aliphatic rings. The molecule has 12 heavy (non-hydrogen) atoms. The summed E-state index contributed by atoms with van der Waals surface area (Å²) < 4.78 is 4.95. The fourth-order valence-corrected chi connectivity index (χ4v) is 0.835. The minimum absolute atomic E-state index is 0.319. The van der Waals surface area contributed by atoms with Gasteiger partial charge in [-0.2, -0.15) is 0 Å². The van der Waals surface area contributed by atoms with Crippen LogP contribution in [0.3, 0.4) is 0 Å². The average molecular weight is 164 g/mol. The molecule has 3 heteroatoms. The Bertz CT molecular complexity index is 266. The van der Waals surface area contributed by atoms with E-state index >= 15 is 0 Å². The molecule has 0 atom stereocenters. The number of carbonyl (C=O) groups excluding carboxylic acids is 1. The van der Waals surface area contributed by atoms with Crippen molar-refractivity contribution in [3.63, 3.8) is 0 Å². The van der Waals surface area contributed by atoms with E-state index in [2.05, 4.69) is 12.2 Å². The zero-order valence-corrected chi connectivity index (χ0v) is 6.83. The largest absolute Gasteiger partial charge is 0.497 e. The summed E-state index contributed by atoms with van der Waals surface area (Å²) in [7, 11) is 1.59. The van der Waals surface area contributed by atoms with Crippen LogP contribution >= 0.6 is 0 Å². The molecule has 0 aliphatic carbocycles. The molecule has 0 spiro atoms. The maximum Gasteiger partial charge on any atom is 0.224 e. The van der Waals surface area contributed by atoms with Crippen molar-refractivity contribution in [1.82, 2.24) is 0 Å². The van der Waals surface area contributed by atoms with Crippen molar-refractivity contribution in [1.29, 1.82) is 0 Å². The lowest BCUT2D eigenvalue weighted by atomic mass is 10.3. The number of methoxy groups -OCH3 is 1. The summed E-state index contributed by atoms with van der Waals surface area (Å²) in [4.78, 5) is 10.5. The van der Waals surface area contributed by atoms with Crippen molar-refractivity contribution >= 4 is 11.6 Å². The van der Waals surface area contributed by atoms with Crippen LogP contribution in [-0.4, -0.2) is 13.0 Å². The fourth-order valence-electron chi connectivity index (χ4n) is 0.835. The first-order chi connectivity index (χ1) is 5.72. The number of amides is 1. The number of hydrogen-bond donors (Lipinski definition) is 1. The second-order valence-electron chi connectivity index (χ2n) is 2.28. The van der Waals surface area contributed by atoms with Crippen LogP contribution in [-0.2, 0) is 4.79 Å². The molecule has 0 heterocycles. The van der Waals surface area contributed by atoms with Crippen molar-refractivity contribution in [2.75, 3.05) is 12.4 Å². The Balaban J connectivity index is 2.71. The predicted octanol–water partition coefficient (Wildman–Crippen LogP) is 1.47. The molecule has 0 bridgehead atoms. The van der Waals surface area contributed by atoms with Gasteiger partial charge in [0.1, 0.15) is 5.75 Å². The quantitative estimate of drug-likeness (QED) is 0.718. The minimum atomic E-state index is -0.319. The zero-order valence-electron chi connectivity index (χ0n) is 6.83. The lowest BCUT2D eigenvalue weighted by Crippen LogP contribution is -2.05. The summed E-state index contributed by atoms with van der Waals surface area (Å²) in [6, 6.07) is 7.04. The highest BCUT2D eigenvalue weighted by atomic mass is 16.5. The number of rotatable bonds is 2. The molecular formula is C9H10NO2. The Kier molecular flexibility index (Phi) is 2.69. The number of carbonyl (C=O) groups is 1. The molecule has 1 aromatic rings. The van der Waals surface area contributed by atoms with Gasteiger partial charge in [-0.15, -0.1) is 0 Å². The Hall–Kier alpha value is -1.51. The van der Waals surface area contributed by atoms with Crippen molar-refractivity contribution in [2.24, 2.45) is 0 Å². The van der Waals surface area contributed by atoms with E-state index in [1.54, 1.807) is 31.4 Å². The molecule has 0 saturated carbocycles. The minimum Gasteiger partial charge on any atom is -0.497 e. The second-order valence-corrected chi connectivity index (χ2v) is 2.28. The SMILES string of the molecule is [CH2]C(=O)Nc1ccc(OC)cc1. The van der Waals surface area contributed by atoms with Gasteiger partial charge in [0.15, 0.2) is 0 Å². The second kappa shape index (κ2) is 3.76. The predicted molar refractivity (Wildman–Crippen MR) is 47.0 cm³/mol. The van der Waals surface area contributed by atoms with Crippen LogP contribution in [0.1, 0.15) is 0 Å². The molecule has 1 N–H and O–H groups in total. The number of ether oxygens (including phenoxy) is 1. The summed E-state index contributed by atoms with van der Waals surface area (Å²) >= 11 is 0. The van der Waals surface area contributed by atoms with Crippen molar-refractivity contribution in [3.05, 3.63) is 31.2 Å². The van der Waals surface area contributed by atoms with Crippen molar-refractivity contribution < 1.29 is 9.53 Å². The third kappa shape index (κ3) is 2.27. The molecule has 1 radical (unpaired) electrons. The maximum atomic E-state index is 10.5. The highest BCUT2D eigenvalue weighted by molar-refractivity contribution is 5.93. The molecule has 1 amide bonds. The van der Waals surface area contributed by atoms with E-state index in [0.717, 1.165) is 11.4 Å². The van der Waals surface area contributed by atoms with Gasteiger partial charge >= 0.3 is 0 Å². The molecule has 0 aromatic heterocycles. The van der Waals surface area contributed by atoms with Crippen LogP contribution in [0.15, 0.2) is 24.3 Å².